The molecular formula is C19H25FN2O2. The molecule has 130 valence electrons. The quantitative estimate of drug-likeness (QED) is 0.891. The first kappa shape index (κ1) is 16.9. The molecule has 1 aliphatic carbocycles. The Morgan fingerprint density at radius 1 is 1.42 bits per heavy atom. The highest BCUT2D eigenvalue weighted by atomic mass is 19.1. The molecule has 0 bridgehead atoms. The van der Waals surface area contributed by atoms with Crippen LogP contribution in [0.3, 0.4) is 0 Å². The fourth-order valence-electron chi connectivity index (χ4n) is 3.95. The van der Waals surface area contributed by atoms with Gasteiger partial charge in [-0.2, -0.15) is 0 Å². The van der Waals surface area contributed by atoms with E-state index in [0.29, 0.717) is 12.3 Å². The van der Waals surface area contributed by atoms with Gasteiger partial charge in [0.1, 0.15) is 5.82 Å². The van der Waals surface area contributed by atoms with E-state index < -0.39 is 0 Å². The lowest BCUT2D eigenvalue weighted by Crippen LogP contribution is -2.47. The maximum atomic E-state index is 13.3. The molecular weight excluding hydrogens is 307 g/mol. The minimum Gasteiger partial charge on any atom is -0.353 e. The lowest BCUT2D eigenvalue weighted by molar-refractivity contribution is -0.134. The van der Waals surface area contributed by atoms with E-state index in [1.165, 1.54) is 6.07 Å². The normalized spacial score (nSPS) is 26.2. The van der Waals surface area contributed by atoms with Crippen LogP contribution in [0.15, 0.2) is 18.2 Å². The van der Waals surface area contributed by atoms with Gasteiger partial charge in [0.05, 0.1) is 6.04 Å². The Kier molecular flexibility index (Phi) is 4.88. The second-order valence-corrected chi connectivity index (χ2v) is 7.47. The number of carbonyl (C=O) groups excluding carboxylic acids is 2. The Hall–Kier alpha value is -1.91. The molecule has 3 atom stereocenters. The number of halogens is 1. The molecule has 0 spiro atoms. The van der Waals surface area contributed by atoms with Crippen molar-refractivity contribution in [2.45, 2.75) is 58.0 Å². The summed E-state index contributed by atoms with van der Waals surface area (Å²) in [6.45, 7) is 4.23. The molecule has 0 aromatic heterocycles. The summed E-state index contributed by atoms with van der Waals surface area (Å²) in [6, 6.07) is 4.76. The number of amides is 2. The Bertz CT molecular complexity index is 644. The van der Waals surface area contributed by atoms with E-state index >= 15 is 0 Å². The van der Waals surface area contributed by atoms with Crippen molar-refractivity contribution in [1.82, 2.24) is 10.6 Å². The first-order valence-electron chi connectivity index (χ1n) is 8.80. The second-order valence-electron chi connectivity index (χ2n) is 7.47. The monoisotopic (exact) mass is 332 g/mol. The zero-order valence-electron chi connectivity index (χ0n) is 14.3. The molecule has 1 fully saturated rings. The van der Waals surface area contributed by atoms with Gasteiger partial charge in [-0.1, -0.05) is 19.9 Å². The van der Waals surface area contributed by atoms with Crippen LogP contribution in [0.25, 0.3) is 0 Å². The third kappa shape index (κ3) is 3.77. The van der Waals surface area contributed by atoms with Crippen molar-refractivity contribution in [3.05, 3.63) is 35.1 Å². The van der Waals surface area contributed by atoms with Gasteiger partial charge in [-0.25, -0.2) is 4.39 Å². The highest BCUT2D eigenvalue weighted by Gasteiger charge is 2.33. The largest absolute Gasteiger partial charge is 0.353 e. The van der Waals surface area contributed by atoms with Gasteiger partial charge in [-0.3, -0.25) is 9.59 Å². The van der Waals surface area contributed by atoms with Gasteiger partial charge < -0.3 is 10.6 Å². The number of hydrogen-bond donors (Lipinski definition) is 2. The van der Waals surface area contributed by atoms with Crippen LogP contribution in [0.2, 0.25) is 0 Å². The minimum atomic E-state index is -0.271. The second kappa shape index (κ2) is 6.91. The first-order valence-corrected chi connectivity index (χ1v) is 8.80. The van der Waals surface area contributed by atoms with Crippen molar-refractivity contribution in [3.8, 4) is 0 Å². The summed E-state index contributed by atoms with van der Waals surface area (Å²) in [7, 11) is 0. The summed E-state index contributed by atoms with van der Waals surface area (Å²) in [4.78, 5) is 24.6. The smallest absolute Gasteiger partial charge is 0.224 e. The number of nitrogens with one attached hydrogen (secondary N) is 2. The summed E-state index contributed by atoms with van der Waals surface area (Å²) >= 11 is 0. The third-order valence-corrected chi connectivity index (χ3v) is 4.99. The fraction of sp³-hybridized carbons (Fsp3) is 0.579. The van der Waals surface area contributed by atoms with Crippen LogP contribution in [0.4, 0.5) is 4.39 Å². The molecule has 1 saturated heterocycles. The van der Waals surface area contributed by atoms with Crippen LogP contribution in [-0.2, 0) is 16.0 Å². The number of carbonyl (C=O) groups is 2. The molecule has 4 nitrogen and oxygen atoms in total. The lowest BCUT2D eigenvalue weighted by atomic mass is 9.87. The average Bonchev–Trinajstić information content (AvgIpc) is 2.88. The molecule has 1 aliphatic heterocycles. The standard InChI is InChI=1S/C19H25FN2O2/c1-11(2)7-15-9-13(10-18(23)21-15)19(24)22-17-6-3-12-8-14(20)4-5-16(12)17/h4-5,8,11,13,15,17H,3,6-7,9-10H2,1-2H3,(H,21,23)(H,22,24)/t13-,15-,17-/m1/s1. The molecule has 0 radical (unpaired) electrons. The molecule has 1 aromatic carbocycles. The van der Waals surface area contributed by atoms with Crippen LogP contribution in [0.5, 0.6) is 0 Å². The van der Waals surface area contributed by atoms with Crippen molar-refractivity contribution in [2.75, 3.05) is 0 Å². The Labute approximate surface area is 142 Å². The number of fused-ring (bicyclic) bond motifs is 1. The number of benzene rings is 1. The van der Waals surface area contributed by atoms with Gasteiger partial charge in [-0.05, 0) is 54.9 Å². The van der Waals surface area contributed by atoms with E-state index in [0.717, 1.165) is 30.4 Å². The number of hydrogen-bond acceptors (Lipinski definition) is 2. The predicted molar refractivity (Wildman–Crippen MR) is 89.7 cm³/mol. The SMILES string of the molecule is CC(C)C[C@@H]1C[C@@H](C(=O)N[C@@H]2CCc3cc(F)ccc32)CC(=O)N1. The van der Waals surface area contributed by atoms with Gasteiger partial charge in [0.15, 0.2) is 0 Å². The van der Waals surface area contributed by atoms with Gasteiger partial charge in [0, 0.05) is 18.4 Å². The summed E-state index contributed by atoms with van der Waals surface area (Å²) in [5.41, 5.74) is 1.98. The maximum Gasteiger partial charge on any atom is 0.224 e. The lowest BCUT2D eigenvalue weighted by Gasteiger charge is -2.31. The molecule has 2 N–H and O–H groups in total. The number of rotatable bonds is 4. The van der Waals surface area contributed by atoms with Crippen LogP contribution >= 0.6 is 0 Å². The number of aryl methyl sites for hydroxylation is 1. The van der Waals surface area contributed by atoms with Crippen molar-refractivity contribution in [2.24, 2.45) is 11.8 Å². The minimum absolute atomic E-state index is 0.0408. The molecule has 24 heavy (non-hydrogen) atoms. The van der Waals surface area contributed by atoms with E-state index in [4.69, 9.17) is 0 Å². The topological polar surface area (TPSA) is 58.2 Å². The Morgan fingerprint density at radius 2 is 2.21 bits per heavy atom. The van der Waals surface area contributed by atoms with Gasteiger partial charge in [-0.15, -0.1) is 0 Å². The van der Waals surface area contributed by atoms with Crippen molar-refractivity contribution in [1.29, 1.82) is 0 Å². The molecule has 3 rings (SSSR count). The van der Waals surface area contributed by atoms with E-state index in [-0.39, 0.29) is 42.1 Å². The summed E-state index contributed by atoms with van der Waals surface area (Å²) in [5.74, 6) is -0.122. The molecule has 5 heteroatoms. The average molecular weight is 332 g/mol. The fourth-order valence-corrected chi connectivity index (χ4v) is 3.95. The van der Waals surface area contributed by atoms with Crippen LogP contribution < -0.4 is 10.6 Å². The molecule has 2 amide bonds. The van der Waals surface area contributed by atoms with E-state index in [1.54, 1.807) is 12.1 Å². The van der Waals surface area contributed by atoms with Crippen LogP contribution in [0, 0.1) is 17.7 Å². The van der Waals surface area contributed by atoms with Crippen molar-refractivity contribution < 1.29 is 14.0 Å². The summed E-state index contributed by atoms with van der Waals surface area (Å²) in [6.07, 6.45) is 3.40. The number of piperidine rings is 1. The molecule has 1 heterocycles. The first-order chi connectivity index (χ1) is 11.4. The maximum absolute atomic E-state index is 13.3. The third-order valence-electron chi connectivity index (χ3n) is 4.99. The highest BCUT2D eigenvalue weighted by Crippen LogP contribution is 2.32. The highest BCUT2D eigenvalue weighted by molar-refractivity contribution is 5.87. The Balaban J connectivity index is 1.64. The molecule has 2 aliphatic rings. The van der Waals surface area contributed by atoms with Gasteiger partial charge >= 0.3 is 0 Å². The predicted octanol–water partition coefficient (Wildman–Crippen LogP) is 2.87. The zero-order valence-corrected chi connectivity index (χ0v) is 14.3. The van der Waals surface area contributed by atoms with Gasteiger partial charge in [0.2, 0.25) is 11.8 Å². The zero-order chi connectivity index (χ0) is 17.3. The van der Waals surface area contributed by atoms with Crippen molar-refractivity contribution >= 4 is 11.8 Å². The summed E-state index contributed by atoms with van der Waals surface area (Å²) in [5, 5.41) is 6.06. The summed E-state index contributed by atoms with van der Waals surface area (Å²) < 4.78 is 13.3. The Morgan fingerprint density at radius 3 is 2.96 bits per heavy atom. The van der Waals surface area contributed by atoms with E-state index in [1.807, 2.05) is 0 Å². The molecule has 0 saturated carbocycles. The van der Waals surface area contributed by atoms with Crippen LogP contribution in [0.1, 0.15) is 56.7 Å². The molecule has 1 aromatic rings. The van der Waals surface area contributed by atoms with E-state index in [9.17, 15) is 14.0 Å². The van der Waals surface area contributed by atoms with Crippen LogP contribution in [-0.4, -0.2) is 17.9 Å². The molecule has 0 unspecified atom stereocenters. The van der Waals surface area contributed by atoms with E-state index in [2.05, 4.69) is 24.5 Å². The van der Waals surface area contributed by atoms with Gasteiger partial charge in [0.25, 0.3) is 0 Å². The van der Waals surface area contributed by atoms with Crippen molar-refractivity contribution in [3.63, 3.8) is 0 Å².